The summed E-state index contributed by atoms with van der Waals surface area (Å²) in [5.41, 5.74) is 2.76. The number of nitrogens with one attached hydrogen (secondary N) is 1. The van der Waals surface area contributed by atoms with Crippen LogP contribution in [0.1, 0.15) is 11.5 Å². The third-order valence-corrected chi connectivity index (χ3v) is 3.11. The van der Waals surface area contributed by atoms with Crippen molar-refractivity contribution in [3.63, 3.8) is 0 Å². The van der Waals surface area contributed by atoms with E-state index in [9.17, 15) is 4.79 Å². The Kier molecular flexibility index (Phi) is 2.38. The molecule has 0 radical (unpaired) electrons. The molecule has 6 nitrogen and oxygen atoms in total. The van der Waals surface area contributed by atoms with Crippen molar-refractivity contribution in [3.8, 4) is 11.3 Å². The number of hydrogen-bond donors (Lipinski definition) is 1. The van der Waals surface area contributed by atoms with Crippen molar-refractivity contribution in [1.29, 1.82) is 0 Å². The van der Waals surface area contributed by atoms with Crippen LogP contribution in [0.3, 0.4) is 0 Å². The van der Waals surface area contributed by atoms with Gasteiger partial charge < -0.3 is 0 Å². The van der Waals surface area contributed by atoms with E-state index in [1.54, 1.807) is 31.7 Å². The van der Waals surface area contributed by atoms with Crippen molar-refractivity contribution >= 4 is 11.6 Å². The van der Waals surface area contributed by atoms with Gasteiger partial charge in [0.05, 0.1) is 29.2 Å². The Morgan fingerprint density at radius 3 is 2.74 bits per heavy atom. The summed E-state index contributed by atoms with van der Waals surface area (Å²) in [6, 6.07) is 0. The van der Waals surface area contributed by atoms with Crippen LogP contribution in [0.2, 0.25) is 0 Å². The van der Waals surface area contributed by atoms with Crippen molar-refractivity contribution in [2.24, 2.45) is 7.05 Å². The van der Waals surface area contributed by atoms with Gasteiger partial charge in [-0.1, -0.05) is 6.58 Å². The fraction of sp³-hybridized carbons (Fsp3) is 0.154. The molecule has 0 saturated carbocycles. The van der Waals surface area contributed by atoms with Gasteiger partial charge in [0.1, 0.15) is 5.82 Å². The van der Waals surface area contributed by atoms with Gasteiger partial charge in [-0.2, -0.15) is 0 Å². The molecular weight excluding hydrogens is 242 g/mol. The summed E-state index contributed by atoms with van der Waals surface area (Å²) in [5.74, 6) is 0.726. The van der Waals surface area contributed by atoms with E-state index in [4.69, 9.17) is 0 Å². The number of aromatic amines is 1. The zero-order valence-corrected chi connectivity index (χ0v) is 10.7. The van der Waals surface area contributed by atoms with Gasteiger partial charge in [0.2, 0.25) is 0 Å². The SMILES string of the molecule is C=Cc1ncc2cnc(-c3c(C)[nH]n(C)c3=O)cn12. The molecular formula is C13H13N5O. The normalized spacial score (nSPS) is 11.1. The van der Waals surface area contributed by atoms with Gasteiger partial charge >= 0.3 is 0 Å². The molecule has 3 aromatic heterocycles. The minimum absolute atomic E-state index is 0.0929. The lowest BCUT2D eigenvalue weighted by atomic mass is 10.2. The Labute approximate surface area is 109 Å². The number of aromatic nitrogens is 5. The van der Waals surface area contributed by atoms with Gasteiger partial charge in [-0.15, -0.1) is 0 Å². The molecule has 3 rings (SSSR count). The van der Waals surface area contributed by atoms with Crippen LogP contribution in [-0.4, -0.2) is 24.1 Å². The predicted molar refractivity (Wildman–Crippen MR) is 72.8 cm³/mol. The van der Waals surface area contributed by atoms with Crippen LogP contribution in [0.4, 0.5) is 0 Å². The first kappa shape index (κ1) is 11.5. The summed E-state index contributed by atoms with van der Waals surface area (Å²) >= 11 is 0. The van der Waals surface area contributed by atoms with Gasteiger partial charge in [-0.05, 0) is 13.0 Å². The summed E-state index contributed by atoms with van der Waals surface area (Å²) in [6.45, 7) is 5.57. The second kappa shape index (κ2) is 3.94. The molecule has 1 N–H and O–H groups in total. The van der Waals surface area contributed by atoms with E-state index in [0.29, 0.717) is 11.3 Å². The van der Waals surface area contributed by atoms with Crippen LogP contribution in [0.5, 0.6) is 0 Å². The maximum absolute atomic E-state index is 12.1. The third-order valence-electron chi connectivity index (χ3n) is 3.11. The van der Waals surface area contributed by atoms with Crippen LogP contribution in [-0.2, 0) is 7.05 Å². The summed E-state index contributed by atoms with van der Waals surface area (Å²) in [6.07, 6.45) is 6.88. The molecule has 0 fully saturated rings. The molecule has 96 valence electrons. The topological polar surface area (TPSA) is 68.0 Å². The van der Waals surface area contributed by atoms with Gasteiger partial charge in [0.25, 0.3) is 5.56 Å². The van der Waals surface area contributed by atoms with E-state index in [0.717, 1.165) is 17.0 Å². The highest BCUT2D eigenvalue weighted by atomic mass is 16.1. The maximum atomic E-state index is 12.1. The summed E-state index contributed by atoms with van der Waals surface area (Å²) < 4.78 is 3.31. The highest BCUT2D eigenvalue weighted by Crippen LogP contribution is 2.17. The standard InChI is InChI=1S/C13H13N5O/c1-4-11-15-6-9-5-14-10(7-18(9)11)12-8(2)16-17(3)13(12)19/h4-7,16H,1H2,2-3H3. The van der Waals surface area contributed by atoms with Crippen LogP contribution < -0.4 is 5.56 Å². The Bertz CT molecular complexity index is 836. The first-order valence-corrected chi connectivity index (χ1v) is 5.83. The van der Waals surface area contributed by atoms with E-state index in [1.165, 1.54) is 4.68 Å². The first-order chi connectivity index (χ1) is 9.11. The summed E-state index contributed by atoms with van der Waals surface area (Å²) in [4.78, 5) is 20.6. The van der Waals surface area contributed by atoms with Crippen LogP contribution in [0.25, 0.3) is 22.9 Å². The number of imidazole rings is 1. The smallest absolute Gasteiger partial charge is 0.275 e. The molecule has 0 bridgehead atoms. The number of rotatable bonds is 2. The second-order valence-electron chi connectivity index (χ2n) is 4.36. The highest BCUT2D eigenvalue weighted by Gasteiger charge is 2.14. The Balaban J connectivity index is 2.31. The van der Waals surface area contributed by atoms with E-state index < -0.39 is 0 Å². The molecule has 0 unspecified atom stereocenters. The van der Waals surface area contributed by atoms with E-state index in [2.05, 4.69) is 21.6 Å². The molecule has 3 heterocycles. The van der Waals surface area contributed by atoms with E-state index in [1.807, 2.05) is 11.3 Å². The van der Waals surface area contributed by atoms with E-state index in [-0.39, 0.29) is 5.56 Å². The largest absolute Gasteiger partial charge is 0.300 e. The zero-order valence-electron chi connectivity index (χ0n) is 10.7. The molecule has 3 aromatic rings. The molecule has 0 amide bonds. The number of hydrogen-bond acceptors (Lipinski definition) is 3. The average molecular weight is 255 g/mol. The molecule has 19 heavy (non-hydrogen) atoms. The first-order valence-electron chi connectivity index (χ1n) is 5.83. The zero-order chi connectivity index (χ0) is 13.6. The lowest BCUT2D eigenvalue weighted by Gasteiger charge is -2.01. The number of H-pyrrole nitrogens is 1. The fourth-order valence-electron chi connectivity index (χ4n) is 2.18. The lowest BCUT2D eigenvalue weighted by Crippen LogP contribution is -2.13. The molecule has 0 aliphatic heterocycles. The predicted octanol–water partition coefficient (Wildman–Crippen LogP) is 1.37. The van der Waals surface area contributed by atoms with Crippen molar-refractivity contribution < 1.29 is 0 Å². The second-order valence-corrected chi connectivity index (χ2v) is 4.36. The number of fused-ring (bicyclic) bond motifs is 1. The Morgan fingerprint density at radius 2 is 2.11 bits per heavy atom. The van der Waals surface area contributed by atoms with E-state index >= 15 is 0 Å². The quantitative estimate of drug-likeness (QED) is 0.752. The summed E-state index contributed by atoms with van der Waals surface area (Å²) in [5, 5.41) is 2.96. The fourth-order valence-corrected chi connectivity index (χ4v) is 2.18. The van der Waals surface area contributed by atoms with Gasteiger partial charge in [0, 0.05) is 18.9 Å². The molecule has 0 aromatic carbocycles. The minimum atomic E-state index is -0.0929. The molecule has 0 aliphatic carbocycles. The maximum Gasteiger partial charge on any atom is 0.275 e. The van der Waals surface area contributed by atoms with Crippen molar-refractivity contribution in [2.75, 3.05) is 0 Å². The molecule has 6 heteroatoms. The molecule has 0 aliphatic rings. The molecule has 0 atom stereocenters. The Hall–Kier alpha value is -2.63. The average Bonchev–Trinajstić information content (AvgIpc) is 2.91. The van der Waals surface area contributed by atoms with Crippen LogP contribution in [0, 0.1) is 6.92 Å². The minimum Gasteiger partial charge on any atom is -0.300 e. The van der Waals surface area contributed by atoms with Gasteiger partial charge in [-0.25, -0.2) is 4.98 Å². The Morgan fingerprint density at radius 1 is 1.37 bits per heavy atom. The lowest BCUT2D eigenvalue weighted by molar-refractivity contribution is 0.731. The monoisotopic (exact) mass is 255 g/mol. The summed E-state index contributed by atoms with van der Waals surface area (Å²) in [7, 11) is 1.68. The number of aryl methyl sites for hydroxylation is 2. The molecule has 0 spiro atoms. The number of nitrogens with zero attached hydrogens (tertiary/aromatic N) is 4. The third kappa shape index (κ3) is 1.61. The van der Waals surface area contributed by atoms with Crippen molar-refractivity contribution in [2.45, 2.75) is 6.92 Å². The van der Waals surface area contributed by atoms with Crippen molar-refractivity contribution in [3.05, 3.63) is 47.0 Å². The highest BCUT2D eigenvalue weighted by molar-refractivity contribution is 5.63. The van der Waals surface area contributed by atoms with Crippen molar-refractivity contribution in [1.82, 2.24) is 24.1 Å². The molecule has 0 saturated heterocycles. The van der Waals surface area contributed by atoms with Crippen LogP contribution >= 0.6 is 0 Å². The van der Waals surface area contributed by atoms with Gasteiger partial charge in [-0.3, -0.25) is 24.0 Å². The van der Waals surface area contributed by atoms with Crippen LogP contribution in [0.15, 0.2) is 30.0 Å². The van der Waals surface area contributed by atoms with Gasteiger partial charge in [0.15, 0.2) is 0 Å².